The molecule has 2 aromatic carbocycles. The Morgan fingerprint density at radius 2 is 1.74 bits per heavy atom. The van der Waals surface area contributed by atoms with E-state index in [0.717, 1.165) is 5.69 Å². The number of ketones is 1. The minimum absolute atomic E-state index is 0. The monoisotopic (exact) mass is 833 g/mol. The Morgan fingerprint density at radius 3 is 2.40 bits per heavy atom. The summed E-state index contributed by atoms with van der Waals surface area (Å²) in [6.45, 7) is 4.26. The number of imide groups is 1. The maximum Gasteiger partial charge on any atom is 0.333 e. The topological polar surface area (TPSA) is 213 Å². The third-order valence-corrected chi connectivity index (χ3v) is 10.4. The Morgan fingerprint density at radius 1 is 1.03 bits per heavy atom. The molecule has 19 heteroatoms. The smallest absolute Gasteiger partial charge is 0.333 e. The molecule has 0 saturated carbocycles. The van der Waals surface area contributed by atoms with Gasteiger partial charge >= 0.3 is 5.97 Å². The molecular weight excluding hydrogens is 790 g/mol. The van der Waals surface area contributed by atoms with Crippen molar-refractivity contribution in [3.05, 3.63) is 76.8 Å². The Labute approximate surface area is 360 Å². The van der Waals surface area contributed by atoms with Gasteiger partial charge in [-0.3, -0.25) is 24.0 Å². The first-order valence-corrected chi connectivity index (χ1v) is 19.2. The largest absolute Gasteiger partial charge is 0.871 e. The van der Waals surface area contributed by atoms with Crippen LogP contribution in [0.1, 0.15) is 76.3 Å². The zero-order valence-electron chi connectivity index (χ0n) is 32.6. The summed E-state index contributed by atoms with van der Waals surface area (Å²) in [7, 11) is 1.52. The Kier molecular flexibility index (Phi) is 16.8. The van der Waals surface area contributed by atoms with E-state index in [9.17, 15) is 38.3 Å². The van der Waals surface area contributed by atoms with Crippen LogP contribution < -0.4 is 20.5 Å². The Balaban J connectivity index is 0.00000744. The van der Waals surface area contributed by atoms with Gasteiger partial charge in [0.25, 0.3) is 11.8 Å². The van der Waals surface area contributed by atoms with E-state index in [4.69, 9.17) is 14.8 Å². The summed E-state index contributed by atoms with van der Waals surface area (Å²) in [5.74, 6) is -3.77. The first-order chi connectivity index (χ1) is 27.3. The van der Waals surface area contributed by atoms with E-state index < -0.39 is 46.9 Å². The number of methoxy groups -OCH3 is 1. The molecule has 2 heterocycles. The van der Waals surface area contributed by atoms with Crippen molar-refractivity contribution in [2.75, 3.05) is 26.0 Å². The number of Topliss-reactive ketones (excluding diaryl/α,β-unsaturated/α-hetero) is 1. The predicted octanol–water partition coefficient (Wildman–Crippen LogP) is 2.73. The van der Waals surface area contributed by atoms with Gasteiger partial charge in [-0.05, 0) is 62.9 Å². The van der Waals surface area contributed by atoms with Crippen LogP contribution in [0.2, 0.25) is 0 Å². The summed E-state index contributed by atoms with van der Waals surface area (Å²) >= 11 is 0.570. The summed E-state index contributed by atoms with van der Waals surface area (Å²) < 4.78 is 26.0. The molecule has 16 nitrogen and oxygen atoms in total. The number of hydrogen-bond donors (Lipinski definition) is 3. The number of nitrogens with one attached hydrogen (secondary N) is 2. The van der Waals surface area contributed by atoms with E-state index in [0.29, 0.717) is 65.5 Å². The van der Waals surface area contributed by atoms with E-state index >= 15 is 0 Å². The zero-order valence-corrected chi connectivity index (χ0v) is 35.4. The van der Waals surface area contributed by atoms with E-state index in [2.05, 4.69) is 20.0 Å². The number of fused-ring (bicyclic) bond motifs is 1. The van der Waals surface area contributed by atoms with Gasteiger partial charge < -0.3 is 25.3 Å². The van der Waals surface area contributed by atoms with Gasteiger partial charge in [0.2, 0.25) is 17.5 Å². The molecule has 3 N–H and O–H groups in total. The molecule has 1 saturated heterocycles. The number of carbonyl (C=O) groups is 6. The molecule has 1 radical (unpaired) electrons. The second kappa shape index (κ2) is 21.0. The molecule has 0 aromatic heterocycles. The number of hydroxylamine groups is 2. The zero-order chi connectivity index (χ0) is 41.3. The maximum atomic E-state index is 14.5. The molecule has 1 unspecified atom stereocenters. The molecule has 5 rings (SSSR count). The van der Waals surface area contributed by atoms with Crippen LogP contribution in [0.15, 0.2) is 59.9 Å². The van der Waals surface area contributed by atoms with Crippen LogP contribution in [-0.4, -0.2) is 118 Å². The number of carbonyl (C=O) groups excluding carboxylic acids is 6. The fourth-order valence-corrected chi connectivity index (χ4v) is 7.19. The van der Waals surface area contributed by atoms with Gasteiger partial charge in [-0.15, -0.1) is 9.40 Å². The van der Waals surface area contributed by atoms with E-state index in [-0.39, 0.29) is 96.6 Å². The second-order valence-corrected chi connectivity index (χ2v) is 14.6. The van der Waals surface area contributed by atoms with Gasteiger partial charge in [-0.25, -0.2) is 14.4 Å². The molecule has 1 atom stereocenters. The van der Waals surface area contributed by atoms with Crippen LogP contribution in [0.5, 0.6) is 5.75 Å². The number of amides is 4. The van der Waals surface area contributed by atoms with Gasteiger partial charge in [0.1, 0.15) is 24.2 Å². The number of ether oxygens (including phenoxy) is 1. The first-order valence-electron chi connectivity index (χ1n) is 18.3. The number of unbranched alkanes of at least 4 members (excludes halogenated alkanes) is 2. The molecule has 305 valence electrons. The van der Waals surface area contributed by atoms with Crippen molar-refractivity contribution in [1.82, 2.24) is 15.7 Å². The number of nitrogens with zero attached hydrogens (tertiary/aromatic N) is 2. The first kappa shape index (κ1) is 46.3. The number of halogens is 1. The number of allylic oxidation sites excluding steroid dienone is 3. The van der Waals surface area contributed by atoms with Crippen molar-refractivity contribution < 1.29 is 67.0 Å². The predicted molar refractivity (Wildman–Crippen MR) is 205 cm³/mol. The van der Waals surface area contributed by atoms with Crippen molar-refractivity contribution in [1.29, 1.82) is 0 Å². The van der Waals surface area contributed by atoms with Crippen molar-refractivity contribution >= 4 is 94.0 Å². The van der Waals surface area contributed by atoms with E-state index in [1.165, 1.54) is 19.2 Å². The molecule has 2 aromatic rings. The van der Waals surface area contributed by atoms with Gasteiger partial charge in [-0.2, -0.15) is 4.58 Å². The molecule has 1 fully saturated rings. The molecule has 2 aliphatic heterocycles. The van der Waals surface area contributed by atoms with Crippen LogP contribution in [-0.2, 0) is 48.4 Å². The van der Waals surface area contributed by atoms with Crippen LogP contribution in [0, 0.1) is 5.82 Å². The normalized spacial score (nSPS) is 16.9. The fraction of sp³-hybridized carbons (Fsp3) is 0.410. The molecular formula is C39H43FN4NaO12S. The minimum atomic E-state index is -1.10. The van der Waals surface area contributed by atoms with Crippen molar-refractivity contribution in [2.45, 2.75) is 76.7 Å². The molecule has 0 spiro atoms. The number of rotatable bonds is 20. The average Bonchev–Trinajstić information content (AvgIpc) is 3.61. The van der Waals surface area contributed by atoms with Crippen LogP contribution in [0.3, 0.4) is 0 Å². The average molecular weight is 834 g/mol. The summed E-state index contributed by atoms with van der Waals surface area (Å²) in [5, 5.41) is 31.0. The quantitative estimate of drug-likeness (QED) is 0.0256. The third-order valence-electron chi connectivity index (χ3n) is 9.76. The molecule has 4 amide bonds. The summed E-state index contributed by atoms with van der Waals surface area (Å²) in [5.41, 5.74) is 2.02. The molecule has 3 aliphatic rings. The minimum Gasteiger partial charge on any atom is -0.871 e. The third kappa shape index (κ3) is 11.0. The Bertz CT molecular complexity index is 2000. The maximum absolute atomic E-state index is 14.5. The summed E-state index contributed by atoms with van der Waals surface area (Å²) in [6.07, 6.45) is 3.12. The second-order valence-electron chi connectivity index (χ2n) is 13.9. The summed E-state index contributed by atoms with van der Waals surface area (Å²) in [4.78, 5) is 79.1. The van der Waals surface area contributed by atoms with Gasteiger partial charge in [0.15, 0.2) is 11.5 Å². The van der Waals surface area contributed by atoms with E-state index in [1.54, 1.807) is 36.4 Å². The number of hydrogen-bond acceptors (Lipinski definition) is 13. The standard InChI is InChI=1S/C39H43FN4O12S.Na/c1-39(2)27-20-24(40)12-15-29(27)43(30(39)21-26-36(49)35(37(26)50)23-10-13-25(53-3)14-11-23)19-6-4-5-8-31(45)42-28(22-57-56-55-52)38(51)41-18-7-9-34(48)54-44-32(46)16-17-33(44)47;/h10-15,20-21,28H,4-9,16-19,22H2,1-3H3,(H3-,41,42,45,49,50,51,52);. The van der Waals surface area contributed by atoms with E-state index in [1.807, 2.05) is 18.4 Å². The van der Waals surface area contributed by atoms with Crippen molar-refractivity contribution in [3.8, 4) is 5.75 Å². The van der Waals surface area contributed by atoms with Crippen LogP contribution in [0.25, 0.3) is 5.57 Å². The van der Waals surface area contributed by atoms with Crippen LogP contribution >= 0.6 is 12.0 Å². The van der Waals surface area contributed by atoms with Gasteiger partial charge in [-0.1, -0.05) is 22.9 Å². The molecule has 1 aliphatic carbocycles. The molecule has 0 bridgehead atoms. The van der Waals surface area contributed by atoms with Gasteiger partial charge in [0.05, 0.1) is 18.3 Å². The fourth-order valence-electron chi connectivity index (χ4n) is 6.72. The van der Waals surface area contributed by atoms with Crippen LogP contribution in [0.4, 0.5) is 10.1 Å². The number of benzene rings is 2. The SMILES string of the molecule is COc1ccc(C2=C([O-])C(=CC3=[N+](CCCCCC(=O)NC(CSOOO)C(=O)NCCCC(=O)ON4C(=O)CCC4=O)c4ccc(F)cc4C3(C)C)C2=O)cc1.[Na]. The van der Waals surface area contributed by atoms with Gasteiger partial charge in [0, 0.05) is 109 Å². The van der Waals surface area contributed by atoms with Crippen molar-refractivity contribution in [3.63, 3.8) is 0 Å². The summed E-state index contributed by atoms with van der Waals surface area (Å²) in [6, 6.07) is 10.0. The van der Waals surface area contributed by atoms with Crippen molar-refractivity contribution in [2.24, 2.45) is 0 Å². The Hall–Kier alpha value is -4.43. The molecule has 58 heavy (non-hydrogen) atoms.